The van der Waals surface area contributed by atoms with Crippen molar-refractivity contribution in [1.82, 2.24) is 18.7 Å². The Morgan fingerprint density at radius 3 is 2.50 bits per heavy atom. The molecule has 0 fully saturated rings. The number of esters is 1. The minimum absolute atomic E-state index is 0.0775. The third-order valence-corrected chi connectivity index (χ3v) is 4.87. The third kappa shape index (κ3) is 4.17. The number of ether oxygens (including phenoxy) is 1. The number of amides is 1. The van der Waals surface area contributed by atoms with Crippen molar-refractivity contribution in [2.75, 3.05) is 18.6 Å². The maximum atomic E-state index is 12.4. The smallest absolute Gasteiger partial charge is 0.332 e. The van der Waals surface area contributed by atoms with Gasteiger partial charge in [-0.1, -0.05) is 18.2 Å². The predicted molar refractivity (Wildman–Crippen MR) is 110 cm³/mol. The summed E-state index contributed by atoms with van der Waals surface area (Å²) < 4.78 is 8.99. The molecule has 30 heavy (non-hydrogen) atoms. The summed E-state index contributed by atoms with van der Waals surface area (Å²) in [6.07, 6.45) is 1.93. The normalized spacial score (nSPS) is 10.9. The van der Waals surface area contributed by atoms with Gasteiger partial charge in [0.05, 0.1) is 6.33 Å². The van der Waals surface area contributed by atoms with Gasteiger partial charge in [-0.25, -0.2) is 9.78 Å². The summed E-state index contributed by atoms with van der Waals surface area (Å²) in [5.41, 5.74) is 0.406. The van der Waals surface area contributed by atoms with Crippen LogP contribution in [0.3, 0.4) is 0 Å². The van der Waals surface area contributed by atoms with Crippen LogP contribution in [0.4, 0.5) is 5.69 Å². The molecule has 0 N–H and O–H groups in total. The highest BCUT2D eigenvalue weighted by atomic mass is 16.5. The highest BCUT2D eigenvalue weighted by Crippen LogP contribution is 2.11. The molecule has 10 nitrogen and oxygen atoms in total. The first-order chi connectivity index (χ1) is 14.3. The van der Waals surface area contributed by atoms with E-state index in [9.17, 15) is 19.2 Å². The average molecular weight is 413 g/mol. The molecular formula is C20H23N5O5. The van der Waals surface area contributed by atoms with Gasteiger partial charge < -0.3 is 14.2 Å². The minimum atomic E-state index is -0.505. The highest BCUT2D eigenvalue weighted by molar-refractivity contribution is 5.94. The van der Waals surface area contributed by atoms with Gasteiger partial charge in [0.2, 0.25) is 0 Å². The molecule has 0 saturated heterocycles. The fourth-order valence-corrected chi connectivity index (χ4v) is 3.07. The van der Waals surface area contributed by atoms with Crippen molar-refractivity contribution < 1.29 is 14.3 Å². The Bertz CT molecular complexity index is 1190. The number of likely N-dealkylation sites (N-methyl/N-ethyl adjacent to an activating group) is 1. The number of anilines is 1. The summed E-state index contributed by atoms with van der Waals surface area (Å²) in [6.45, 7) is -0.00219. The van der Waals surface area contributed by atoms with Crippen LogP contribution in [0, 0.1) is 0 Å². The Labute approximate surface area is 171 Å². The first kappa shape index (κ1) is 21.0. The largest absolute Gasteiger partial charge is 0.456 e. The Balaban J connectivity index is 1.55. The summed E-state index contributed by atoms with van der Waals surface area (Å²) in [5.74, 6) is -0.839. The van der Waals surface area contributed by atoms with Crippen molar-refractivity contribution in [1.29, 1.82) is 0 Å². The molecular weight excluding hydrogens is 390 g/mol. The van der Waals surface area contributed by atoms with Crippen LogP contribution in [0.25, 0.3) is 11.2 Å². The van der Waals surface area contributed by atoms with E-state index in [1.807, 2.05) is 18.2 Å². The quantitative estimate of drug-likeness (QED) is 0.520. The van der Waals surface area contributed by atoms with E-state index in [0.29, 0.717) is 29.8 Å². The molecule has 3 rings (SSSR count). The van der Waals surface area contributed by atoms with Crippen LogP contribution in [0.5, 0.6) is 0 Å². The van der Waals surface area contributed by atoms with Gasteiger partial charge in [0, 0.05) is 39.8 Å². The van der Waals surface area contributed by atoms with Crippen molar-refractivity contribution in [2.24, 2.45) is 14.1 Å². The van der Waals surface area contributed by atoms with Crippen LogP contribution in [-0.2, 0) is 35.0 Å². The number of nitrogens with zero attached hydrogens (tertiary/aromatic N) is 5. The number of carbonyl (C=O) groups is 2. The maximum Gasteiger partial charge on any atom is 0.332 e. The van der Waals surface area contributed by atoms with E-state index in [-0.39, 0.29) is 18.9 Å². The van der Waals surface area contributed by atoms with Gasteiger partial charge >= 0.3 is 11.7 Å². The number of hydrogen-bond donors (Lipinski definition) is 0. The lowest BCUT2D eigenvalue weighted by molar-refractivity contribution is -0.147. The molecule has 0 aliphatic heterocycles. The SMILES string of the molecule is CN(C(=O)COC(=O)CCCn1cnc2c1c(=O)n(C)c(=O)n2C)c1ccccc1. The standard InChI is InChI=1S/C20H23N5O5/c1-22(14-8-5-4-6-9-14)15(26)12-30-16(27)10-7-11-25-13-21-18-17(25)19(28)24(3)20(29)23(18)2/h4-6,8-9,13H,7,10-12H2,1-3H3. The van der Waals surface area contributed by atoms with Crippen molar-refractivity contribution in [3.05, 3.63) is 57.5 Å². The predicted octanol–water partition coefficient (Wildman–Crippen LogP) is 0.420. The number of carbonyl (C=O) groups excluding carboxylic acids is 2. The van der Waals surface area contributed by atoms with Gasteiger partial charge in [-0.15, -0.1) is 0 Å². The molecule has 0 bridgehead atoms. The van der Waals surface area contributed by atoms with Crippen molar-refractivity contribution in [2.45, 2.75) is 19.4 Å². The van der Waals surface area contributed by atoms with Gasteiger partial charge in [-0.2, -0.15) is 0 Å². The lowest BCUT2D eigenvalue weighted by atomic mass is 10.3. The van der Waals surface area contributed by atoms with Crippen molar-refractivity contribution in [3.63, 3.8) is 0 Å². The average Bonchev–Trinajstić information content (AvgIpc) is 3.18. The van der Waals surface area contributed by atoms with E-state index in [2.05, 4.69) is 4.98 Å². The molecule has 158 valence electrons. The van der Waals surface area contributed by atoms with Crippen LogP contribution < -0.4 is 16.1 Å². The first-order valence-electron chi connectivity index (χ1n) is 9.39. The molecule has 0 radical (unpaired) electrons. The molecule has 2 aromatic heterocycles. The monoisotopic (exact) mass is 413 g/mol. The Hall–Kier alpha value is -3.69. The van der Waals surface area contributed by atoms with E-state index >= 15 is 0 Å². The lowest BCUT2D eigenvalue weighted by Gasteiger charge is -2.17. The van der Waals surface area contributed by atoms with E-state index in [0.717, 1.165) is 4.57 Å². The summed E-state index contributed by atoms with van der Waals surface area (Å²) in [5, 5.41) is 0. The fourth-order valence-electron chi connectivity index (χ4n) is 3.07. The van der Waals surface area contributed by atoms with Crippen LogP contribution >= 0.6 is 0 Å². The second-order valence-corrected chi connectivity index (χ2v) is 6.87. The third-order valence-electron chi connectivity index (χ3n) is 4.87. The lowest BCUT2D eigenvalue weighted by Crippen LogP contribution is -2.37. The Morgan fingerprint density at radius 2 is 1.80 bits per heavy atom. The second-order valence-electron chi connectivity index (χ2n) is 6.87. The minimum Gasteiger partial charge on any atom is -0.456 e. The molecule has 0 unspecified atom stereocenters. The number of aryl methyl sites for hydroxylation is 2. The van der Waals surface area contributed by atoms with Gasteiger partial charge in [0.15, 0.2) is 17.8 Å². The van der Waals surface area contributed by atoms with Crippen LogP contribution in [-0.4, -0.2) is 44.2 Å². The van der Waals surface area contributed by atoms with E-state index in [1.54, 1.807) is 30.8 Å². The van der Waals surface area contributed by atoms with Crippen LogP contribution in [0.1, 0.15) is 12.8 Å². The van der Waals surface area contributed by atoms with Gasteiger partial charge in [0.25, 0.3) is 11.5 Å². The summed E-state index contributed by atoms with van der Waals surface area (Å²) in [6, 6.07) is 9.05. The zero-order valence-electron chi connectivity index (χ0n) is 17.1. The van der Waals surface area contributed by atoms with E-state index in [1.165, 1.54) is 22.8 Å². The number of para-hydroxylation sites is 1. The number of hydrogen-bond acceptors (Lipinski definition) is 6. The van der Waals surface area contributed by atoms with E-state index < -0.39 is 17.2 Å². The summed E-state index contributed by atoms with van der Waals surface area (Å²) in [4.78, 5) is 54.1. The molecule has 1 aromatic carbocycles. The van der Waals surface area contributed by atoms with Gasteiger partial charge in [0.1, 0.15) is 0 Å². The number of fused-ring (bicyclic) bond motifs is 1. The highest BCUT2D eigenvalue weighted by Gasteiger charge is 2.16. The zero-order valence-corrected chi connectivity index (χ0v) is 17.1. The van der Waals surface area contributed by atoms with Crippen molar-refractivity contribution in [3.8, 4) is 0 Å². The zero-order chi connectivity index (χ0) is 21.8. The van der Waals surface area contributed by atoms with Crippen molar-refractivity contribution >= 4 is 28.7 Å². The first-order valence-corrected chi connectivity index (χ1v) is 9.39. The molecule has 10 heteroatoms. The second kappa shape index (κ2) is 8.76. The number of benzene rings is 1. The molecule has 2 heterocycles. The topological polar surface area (TPSA) is 108 Å². The molecule has 3 aromatic rings. The number of imidazole rings is 1. The fraction of sp³-hybridized carbons (Fsp3) is 0.350. The van der Waals surface area contributed by atoms with Crippen LogP contribution in [0.2, 0.25) is 0 Å². The molecule has 0 aliphatic rings. The van der Waals surface area contributed by atoms with E-state index in [4.69, 9.17) is 4.74 Å². The number of rotatable bonds is 7. The Morgan fingerprint density at radius 1 is 1.10 bits per heavy atom. The summed E-state index contributed by atoms with van der Waals surface area (Å²) >= 11 is 0. The maximum absolute atomic E-state index is 12.4. The number of aromatic nitrogens is 4. The molecule has 0 saturated carbocycles. The molecule has 0 aliphatic carbocycles. The van der Waals surface area contributed by atoms with Crippen LogP contribution in [0.15, 0.2) is 46.2 Å². The molecule has 1 amide bonds. The molecule has 0 spiro atoms. The van der Waals surface area contributed by atoms with Gasteiger partial charge in [-0.05, 0) is 18.6 Å². The van der Waals surface area contributed by atoms with Gasteiger partial charge in [-0.3, -0.25) is 23.5 Å². The Kier molecular flexibility index (Phi) is 6.14. The summed E-state index contributed by atoms with van der Waals surface area (Å²) in [7, 11) is 4.56. The molecule has 0 atom stereocenters.